The van der Waals surface area contributed by atoms with Crippen molar-refractivity contribution >= 4 is 17.5 Å². The predicted octanol–water partition coefficient (Wildman–Crippen LogP) is 4.65. The van der Waals surface area contributed by atoms with Crippen LogP contribution in [0.25, 0.3) is 0 Å². The quantitative estimate of drug-likeness (QED) is 0.551. The van der Waals surface area contributed by atoms with Crippen LogP contribution < -0.4 is 4.90 Å². The Balaban J connectivity index is 1.58. The molecule has 0 spiro atoms. The van der Waals surface area contributed by atoms with Gasteiger partial charge in [-0.05, 0) is 64.5 Å². The van der Waals surface area contributed by atoms with Gasteiger partial charge in [0, 0.05) is 37.3 Å². The second-order valence-corrected chi connectivity index (χ2v) is 8.26. The molecule has 28 heavy (non-hydrogen) atoms. The first-order chi connectivity index (χ1) is 13.5. The first kappa shape index (κ1) is 20.4. The molecule has 1 saturated heterocycles. The summed E-state index contributed by atoms with van der Waals surface area (Å²) in [5, 5.41) is 0. The lowest BCUT2D eigenvalue weighted by atomic mass is 9.95. The molecule has 0 unspecified atom stereocenters. The van der Waals surface area contributed by atoms with Crippen molar-refractivity contribution in [2.24, 2.45) is 0 Å². The van der Waals surface area contributed by atoms with Crippen molar-refractivity contribution in [1.82, 2.24) is 4.90 Å². The molecular weight excluding hydrogens is 348 g/mol. The van der Waals surface area contributed by atoms with Gasteiger partial charge in [-0.1, -0.05) is 35.4 Å². The van der Waals surface area contributed by atoms with Crippen molar-refractivity contribution in [1.29, 1.82) is 0 Å². The summed E-state index contributed by atoms with van der Waals surface area (Å²) in [6.07, 6.45) is 9.01. The number of piperidine rings is 1. The lowest BCUT2D eigenvalue weighted by Crippen LogP contribution is -2.50. The highest BCUT2D eigenvalue weighted by Gasteiger charge is 2.33. The number of aryl methyl sites for hydroxylation is 1. The predicted molar refractivity (Wildman–Crippen MR) is 114 cm³/mol. The van der Waals surface area contributed by atoms with Gasteiger partial charge < -0.3 is 9.80 Å². The number of para-hydroxylation sites is 1. The van der Waals surface area contributed by atoms with Crippen LogP contribution in [0.2, 0.25) is 0 Å². The van der Waals surface area contributed by atoms with E-state index in [9.17, 15) is 9.59 Å². The van der Waals surface area contributed by atoms with Gasteiger partial charge in [-0.25, -0.2) is 0 Å². The number of anilines is 1. The van der Waals surface area contributed by atoms with Crippen LogP contribution in [-0.2, 0) is 16.0 Å². The van der Waals surface area contributed by atoms with E-state index in [0.717, 1.165) is 43.4 Å². The molecule has 0 N–H and O–H groups in total. The maximum atomic E-state index is 12.6. The van der Waals surface area contributed by atoms with E-state index in [1.165, 1.54) is 11.1 Å². The van der Waals surface area contributed by atoms with E-state index >= 15 is 0 Å². The lowest BCUT2D eigenvalue weighted by molar-refractivity contribution is -0.127. The Morgan fingerprint density at radius 1 is 1.11 bits per heavy atom. The summed E-state index contributed by atoms with van der Waals surface area (Å²) in [6.45, 7) is 7.66. The number of benzene rings is 1. The second-order valence-electron chi connectivity index (χ2n) is 8.26. The van der Waals surface area contributed by atoms with Crippen LogP contribution >= 0.6 is 0 Å². The zero-order chi connectivity index (χ0) is 20.1. The fourth-order valence-corrected chi connectivity index (χ4v) is 4.16. The Morgan fingerprint density at radius 3 is 2.54 bits per heavy atom. The summed E-state index contributed by atoms with van der Waals surface area (Å²) in [6, 6.07) is 8.42. The van der Waals surface area contributed by atoms with Gasteiger partial charge in [-0.15, -0.1) is 0 Å². The highest BCUT2D eigenvalue weighted by molar-refractivity contribution is 5.97. The number of amides is 2. The molecule has 2 aliphatic rings. The number of carbonyl (C=O) groups excluding carboxylic acids is 2. The molecule has 0 atom stereocenters. The Labute approximate surface area is 168 Å². The summed E-state index contributed by atoms with van der Waals surface area (Å²) in [7, 11) is 0. The Morgan fingerprint density at radius 2 is 1.82 bits per heavy atom. The van der Waals surface area contributed by atoms with E-state index < -0.39 is 0 Å². The van der Waals surface area contributed by atoms with Crippen LogP contribution in [0.5, 0.6) is 0 Å². The van der Waals surface area contributed by atoms with Crippen LogP contribution in [0, 0.1) is 0 Å². The highest BCUT2D eigenvalue weighted by Crippen LogP contribution is 2.32. The van der Waals surface area contributed by atoms with Crippen molar-refractivity contribution in [2.75, 3.05) is 18.0 Å². The SMILES string of the molecule is CC(C)=CCC/C(C)=C/C(=O)N1CCC(N2C(=O)CCc3ccccc32)CC1. The molecule has 0 radical (unpaired) electrons. The molecule has 2 aliphatic heterocycles. The van der Waals surface area contributed by atoms with Crippen molar-refractivity contribution in [2.45, 2.75) is 65.3 Å². The summed E-state index contributed by atoms with van der Waals surface area (Å²) in [5.41, 5.74) is 4.77. The van der Waals surface area contributed by atoms with Gasteiger partial charge in [0.25, 0.3) is 0 Å². The average Bonchev–Trinajstić information content (AvgIpc) is 2.67. The number of hydrogen-bond acceptors (Lipinski definition) is 2. The van der Waals surface area contributed by atoms with Gasteiger partial charge >= 0.3 is 0 Å². The van der Waals surface area contributed by atoms with Gasteiger partial charge in [0.2, 0.25) is 11.8 Å². The maximum Gasteiger partial charge on any atom is 0.246 e. The van der Waals surface area contributed by atoms with E-state index in [1.807, 2.05) is 28.9 Å². The number of likely N-dealkylation sites (tertiary alicyclic amines) is 1. The molecule has 0 bridgehead atoms. The number of hydrogen-bond donors (Lipinski definition) is 0. The van der Waals surface area contributed by atoms with E-state index in [1.54, 1.807) is 6.08 Å². The van der Waals surface area contributed by atoms with Crippen molar-refractivity contribution in [3.05, 3.63) is 53.1 Å². The molecule has 0 saturated carbocycles. The zero-order valence-electron chi connectivity index (χ0n) is 17.4. The van der Waals surface area contributed by atoms with Crippen molar-refractivity contribution < 1.29 is 9.59 Å². The molecule has 1 aromatic carbocycles. The second kappa shape index (κ2) is 9.22. The molecule has 4 nitrogen and oxygen atoms in total. The van der Waals surface area contributed by atoms with Gasteiger partial charge in [0.15, 0.2) is 0 Å². The lowest BCUT2D eigenvalue weighted by Gasteiger charge is -2.40. The minimum Gasteiger partial charge on any atom is -0.339 e. The summed E-state index contributed by atoms with van der Waals surface area (Å²) < 4.78 is 0. The van der Waals surface area contributed by atoms with E-state index in [-0.39, 0.29) is 17.9 Å². The summed E-state index contributed by atoms with van der Waals surface area (Å²) in [5.74, 6) is 0.331. The molecule has 1 aromatic rings. The fourth-order valence-electron chi connectivity index (χ4n) is 4.16. The molecule has 2 heterocycles. The normalized spacial score (nSPS) is 18.1. The third kappa shape index (κ3) is 4.92. The highest BCUT2D eigenvalue weighted by atomic mass is 16.2. The zero-order valence-corrected chi connectivity index (χ0v) is 17.4. The van der Waals surface area contributed by atoms with Crippen LogP contribution in [0.4, 0.5) is 5.69 Å². The number of rotatable bonds is 5. The standard InChI is InChI=1S/C24H32N2O2/c1-18(2)7-6-8-19(3)17-24(28)25-15-13-21(14-16-25)26-22-10-5-4-9-20(22)11-12-23(26)27/h4-5,7,9-10,17,21H,6,8,11-16H2,1-3H3/b19-17+. The van der Waals surface area contributed by atoms with E-state index in [4.69, 9.17) is 0 Å². The molecule has 2 amide bonds. The number of allylic oxidation sites excluding steroid dienone is 3. The van der Waals surface area contributed by atoms with Gasteiger partial charge in [-0.3, -0.25) is 9.59 Å². The first-order valence-electron chi connectivity index (χ1n) is 10.4. The monoisotopic (exact) mass is 380 g/mol. The first-order valence-corrected chi connectivity index (χ1v) is 10.4. The van der Waals surface area contributed by atoms with Gasteiger partial charge in [-0.2, -0.15) is 0 Å². The molecule has 150 valence electrons. The maximum absolute atomic E-state index is 12.6. The summed E-state index contributed by atoms with van der Waals surface area (Å²) in [4.78, 5) is 29.1. The van der Waals surface area contributed by atoms with Crippen LogP contribution in [0.3, 0.4) is 0 Å². The van der Waals surface area contributed by atoms with Crippen molar-refractivity contribution in [3.63, 3.8) is 0 Å². The molecule has 0 aromatic heterocycles. The fraction of sp³-hybridized carbons (Fsp3) is 0.500. The largest absolute Gasteiger partial charge is 0.339 e. The molecule has 0 aliphatic carbocycles. The topological polar surface area (TPSA) is 40.6 Å². The third-order valence-electron chi connectivity index (χ3n) is 5.73. The number of fused-ring (bicyclic) bond motifs is 1. The molecule has 3 rings (SSSR count). The van der Waals surface area contributed by atoms with Crippen LogP contribution in [0.15, 0.2) is 47.6 Å². The molecule has 4 heteroatoms. The minimum absolute atomic E-state index is 0.110. The van der Waals surface area contributed by atoms with E-state index in [2.05, 4.69) is 32.1 Å². The van der Waals surface area contributed by atoms with Crippen LogP contribution in [-0.4, -0.2) is 35.8 Å². The van der Waals surface area contributed by atoms with Crippen LogP contribution in [0.1, 0.15) is 58.4 Å². The molecular formula is C24H32N2O2. The van der Waals surface area contributed by atoms with E-state index in [0.29, 0.717) is 19.5 Å². The smallest absolute Gasteiger partial charge is 0.246 e. The molecule has 1 fully saturated rings. The Kier molecular flexibility index (Phi) is 6.71. The van der Waals surface area contributed by atoms with Gasteiger partial charge in [0.1, 0.15) is 0 Å². The Bertz CT molecular complexity index is 782. The minimum atomic E-state index is 0.110. The average molecular weight is 381 g/mol. The Hall–Kier alpha value is -2.36. The summed E-state index contributed by atoms with van der Waals surface area (Å²) >= 11 is 0. The number of carbonyl (C=O) groups is 2. The third-order valence-corrected chi connectivity index (χ3v) is 5.73. The van der Waals surface area contributed by atoms with Gasteiger partial charge in [0.05, 0.1) is 0 Å². The number of nitrogens with zero attached hydrogens (tertiary/aromatic N) is 2. The van der Waals surface area contributed by atoms with Crippen molar-refractivity contribution in [3.8, 4) is 0 Å².